The number of methoxy groups -OCH3 is 2. The number of sulfonamides is 1. The fourth-order valence-electron chi connectivity index (χ4n) is 4.49. The summed E-state index contributed by atoms with van der Waals surface area (Å²) in [6.45, 7) is 8.17. The Balaban J connectivity index is 2.47. The highest BCUT2D eigenvalue weighted by atomic mass is 32.2. The van der Waals surface area contributed by atoms with Gasteiger partial charge in [-0.15, -0.1) is 0 Å². The van der Waals surface area contributed by atoms with Crippen molar-refractivity contribution in [2.75, 3.05) is 47.0 Å². The lowest BCUT2D eigenvalue weighted by Crippen LogP contribution is -2.60. The molecule has 2 rings (SSSR count). The standard InChI is InChI=1S/C31H48N4O7S/c1-23(2)18-31(38)35(33-30(37)20-32-16-17-41-5)28(19-25-10-8-7-9-11-25)29(36)22-34(21-24(3)4)43(39,40)27-14-12-26(42-6)13-15-27/h7-15,23-24,28-29,32,36H,16-22H2,1-6H3,(H,33,37)/t28-,29+/m0/s1. The predicted octanol–water partition coefficient (Wildman–Crippen LogP) is 2.46. The van der Waals surface area contributed by atoms with Gasteiger partial charge in [-0.25, -0.2) is 13.4 Å². The van der Waals surface area contributed by atoms with Crippen molar-refractivity contribution in [1.29, 1.82) is 0 Å². The molecule has 0 radical (unpaired) electrons. The molecule has 2 amide bonds. The highest BCUT2D eigenvalue weighted by molar-refractivity contribution is 7.89. The fourth-order valence-corrected chi connectivity index (χ4v) is 6.11. The first-order valence-electron chi connectivity index (χ1n) is 14.6. The number of amides is 2. The lowest BCUT2D eigenvalue weighted by molar-refractivity contribution is -0.148. The van der Waals surface area contributed by atoms with E-state index in [9.17, 15) is 23.1 Å². The number of hydrogen-bond acceptors (Lipinski definition) is 8. The minimum Gasteiger partial charge on any atom is -0.497 e. The fraction of sp³-hybridized carbons (Fsp3) is 0.548. The van der Waals surface area contributed by atoms with Crippen LogP contribution in [0.1, 0.15) is 39.7 Å². The Labute approximate surface area is 256 Å². The molecule has 0 aromatic heterocycles. The molecule has 240 valence electrons. The van der Waals surface area contributed by atoms with Crippen LogP contribution in [0.4, 0.5) is 0 Å². The Morgan fingerprint density at radius 1 is 0.930 bits per heavy atom. The summed E-state index contributed by atoms with van der Waals surface area (Å²) in [5, 5.41) is 15.9. The topological polar surface area (TPSA) is 138 Å². The second-order valence-corrected chi connectivity index (χ2v) is 13.2. The van der Waals surface area contributed by atoms with Gasteiger partial charge in [0.25, 0.3) is 5.91 Å². The molecule has 0 saturated carbocycles. The van der Waals surface area contributed by atoms with Crippen molar-refractivity contribution in [2.24, 2.45) is 11.8 Å². The zero-order valence-corrected chi connectivity index (χ0v) is 27.0. The number of hydrazine groups is 1. The Bertz CT molecular complexity index is 1220. The number of aliphatic hydroxyl groups is 1. The summed E-state index contributed by atoms with van der Waals surface area (Å²) in [5.74, 6) is -0.403. The maximum absolute atomic E-state index is 13.8. The van der Waals surface area contributed by atoms with E-state index in [0.717, 1.165) is 5.56 Å². The smallest absolute Gasteiger partial charge is 0.252 e. The van der Waals surface area contributed by atoms with E-state index in [4.69, 9.17) is 9.47 Å². The van der Waals surface area contributed by atoms with Crippen molar-refractivity contribution < 1.29 is 32.6 Å². The lowest BCUT2D eigenvalue weighted by Gasteiger charge is -2.37. The third-order valence-corrected chi connectivity index (χ3v) is 8.43. The molecule has 0 spiro atoms. The molecule has 0 aliphatic heterocycles. The molecule has 2 aromatic carbocycles. The summed E-state index contributed by atoms with van der Waals surface area (Å²) >= 11 is 0. The van der Waals surface area contributed by atoms with Gasteiger partial charge in [0, 0.05) is 33.2 Å². The highest BCUT2D eigenvalue weighted by Gasteiger charge is 2.36. The maximum atomic E-state index is 13.8. The third-order valence-electron chi connectivity index (χ3n) is 6.59. The average Bonchev–Trinajstić information content (AvgIpc) is 2.96. The van der Waals surface area contributed by atoms with E-state index in [1.165, 1.54) is 28.6 Å². The van der Waals surface area contributed by atoms with Gasteiger partial charge in [0.15, 0.2) is 0 Å². The van der Waals surface area contributed by atoms with Crippen LogP contribution in [0.25, 0.3) is 0 Å². The molecule has 0 aliphatic rings. The van der Waals surface area contributed by atoms with E-state index in [-0.39, 0.29) is 55.1 Å². The predicted molar refractivity (Wildman–Crippen MR) is 166 cm³/mol. The Hall–Kier alpha value is -3.03. The first kappa shape index (κ1) is 36.2. The van der Waals surface area contributed by atoms with Gasteiger partial charge in [0.2, 0.25) is 15.9 Å². The van der Waals surface area contributed by atoms with Crippen molar-refractivity contribution in [2.45, 2.75) is 57.6 Å². The van der Waals surface area contributed by atoms with Crippen LogP contribution in [0.3, 0.4) is 0 Å². The molecular formula is C31H48N4O7S. The number of carbonyl (C=O) groups is 2. The number of ether oxygens (including phenoxy) is 2. The molecule has 0 heterocycles. The molecule has 0 aliphatic carbocycles. The molecule has 11 nitrogen and oxygen atoms in total. The van der Waals surface area contributed by atoms with Gasteiger partial charge in [-0.2, -0.15) is 4.31 Å². The minimum absolute atomic E-state index is 0.0193. The van der Waals surface area contributed by atoms with Gasteiger partial charge in [-0.1, -0.05) is 58.0 Å². The molecule has 3 N–H and O–H groups in total. The second-order valence-electron chi connectivity index (χ2n) is 11.3. The number of hydrogen-bond donors (Lipinski definition) is 3. The van der Waals surface area contributed by atoms with Crippen LogP contribution in [0.2, 0.25) is 0 Å². The molecule has 0 saturated heterocycles. The van der Waals surface area contributed by atoms with E-state index in [2.05, 4.69) is 10.7 Å². The first-order valence-corrected chi connectivity index (χ1v) is 16.0. The number of nitrogens with zero attached hydrogens (tertiary/aromatic N) is 2. The van der Waals surface area contributed by atoms with Gasteiger partial charge in [0.05, 0.1) is 37.3 Å². The van der Waals surface area contributed by atoms with Crippen LogP contribution >= 0.6 is 0 Å². The summed E-state index contributed by atoms with van der Waals surface area (Å²) < 4.78 is 39.0. The average molecular weight is 621 g/mol. The van der Waals surface area contributed by atoms with E-state index in [1.54, 1.807) is 19.2 Å². The number of rotatable bonds is 18. The third kappa shape index (κ3) is 11.9. The molecule has 2 aromatic rings. The summed E-state index contributed by atoms with van der Waals surface area (Å²) in [5.41, 5.74) is 3.51. The van der Waals surface area contributed by atoms with E-state index in [1.807, 2.05) is 58.0 Å². The number of nitrogens with one attached hydrogen (secondary N) is 2. The lowest BCUT2D eigenvalue weighted by atomic mass is 9.99. The Kier molecular flexibility index (Phi) is 15.1. The van der Waals surface area contributed by atoms with Crippen LogP contribution in [-0.2, 0) is 30.8 Å². The van der Waals surface area contributed by atoms with Crippen molar-refractivity contribution in [3.05, 3.63) is 60.2 Å². The van der Waals surface area contributed by atoms with Gasteiger partial charge < -0.3 is 19.9 Å². The highest BCUT2D eigenvalue weighted by Crippen LogP contribution is 2.23. The van der Waals surface area contributed by atoms with Gasteiger partial charge in [-0.3, -0.25) is 15.0 Å². The molecule has 0 bridgehead atoms. The molecule has 43 heavy (non-hydrogen) atoms. The van der Waals surface area contributed by atoms with E-state index < -0.39 is 28.1 Å². The van der Waals surface area contributed by atoms with Crippen LogP contribution in [0.5, 0.6) is 5.75 Å². The van der Waals surface area contributed by atoms with Crippen LogP contribution in [-0.4, -0.2) is 93.8 Å². The van der Waals surface area contributed by atoms with Crippen molar-refractivity contribution in [3.8, 4) is 5.75 Å². The summed E-state index contributed by atoms with van der Waals surface area (Å²) in [7, 11) is -0.968. The Morgan fingerprint density at radius 2 is 1.58 bits per heavy atom. The van der Waals surface area contributed by atoms with Crippen molar-refractivity contribution in [1.82, 2.24) is 20.1 Å². The van der Waals surface area contributed by atoms with Gasteiger partial charge in [-0.05, 0) is 48.1 Å². The zero-order valence-electron chi connectivity index (χ0n) is 26.2. The van der Waals surface area contributed by atoms with E-state index in [0.29, 0.717) is 18.9 Å². The van der Waals surface area contributed by atoms with Gasteiger partial charge >= 0.3 is 0 Å². The minimum atomic E-state index is -4.02. The summed E-state index contributed by atoms with van der Waals surface area (Å²) in [6.07, 6.45) is -1.04. The van der Waals surface area contributed by atoms with Crippen LogP contribution < -0.4 is 15.5 Å². The number of aliphatic hydroxyl groups excluding tert-OH is 1. The molecule has 12 heteroatoms. The second kappa shape index (κ2) is 17.9. The van der Waals surface area contributed by atoms with Crippen LogP contribution in [0, 0.1) is 11.8 Å². The zero-order chi connectivity index (χ0) is 32.0. The van der Waals surface area contributed by atoms with E-state index >= 15 is 0 Å². The number of benzene rings is 2. The van der Waals surface area contributed by atoms with Crippen molar-refractivity contribution in [3.63, 3.8) is 0 Å². The molecule has 0 fully saturated rings. The monoisotopic (exact) mass is 620 g/mol. The molecule has 0 unspecified atom stereocenters. The van der Waals surface area contributed by atoms with Crippen molar-refractivity contribution >= 4 is 21.8 Å². The summed E-state index contributed by atoms with van der Waals surface area (Å²) in [4.78, 5) is 26.6. The Morgan fingerprint density at radius 3 is 2.14 bits per heavy atom. The molecule has 2 atom stereocenters. The molecular weight excluding hydrogens is 572 g/mol. The van der Waals surface area contributed by atoms with Crippen LogP contribution in [0.15, 0.2) is 59.5 Å². The first-order chi connectivity index (χ1) is 20.4. The number of carbonyl (C=O) groups excluding carboxylic acids is 2. The van der Waals surface area contributed by atoms with Gasteiger partial charge in [0.1, 0.15) is 5.75 Å². The maximum Gasteiger partial charge on any atom is 0.252 e. The normalized spacial score (nSPS) is 13.3. The summed E-state index contributed by atoms with van der Waals surface area (Å²) in [6, 6.07) is 14.4. The SMILES string of the molecule is COCCNCC(=O)NN(C(=O)CC(C)C)[C@@H](Cc1ccccc1)[C@H](O)CN(CC(C)C)S(=O)(=O)c1ccc(OC)cc1. The quantitative estimate of drug-likeness (QED) is 0.171. The largest absolute Gasteiger partial charge is 0.497 e.